The third-order valence-corrected chi connectivity index (χ3v) is 9.88. The normalized spacial score (nSPS) is 12.5. The number of rotatable bonds is 40. The van der Waals surface area contributed by atoms with Gasteiger partial charge in [-0.25, -0.2) is 0 Å². The fourth-order valence-electron chi connectivity index (χ4n) is 6.67. The zero-order valence-electron chi connectivity index (χ0n) is 33.5. The van der Waals surface area contributed by atoms with Crippen molar-refractivity contribution in [2.75, 3.05) is 0 Å². The maximum absolute atomic E-state index is 12.8. The monoisotopic (exact) mass is 701 g/mol. The van der Waals surface area contributed by atoms with Gasteiger partial charge in [0.2, 0.25) is 0 Å². The Labute approximate surface area is 311 Å². The Morgan fingerprint density at radius 2 is 0.840 bits per heavy atom. The minimum absolute atomic E-state index is 0.0306. The number of unbranched alkanes of at least 4 members (excludes halogenated alkanes) is 25. The van der Waals surface area contributed by atoms with Crippen molar-refractivity contribution in [2.24, 2.45) is 0 Å². The van der Waals surface area contributed by atoms with Gasteiger partial charge in [-0.15, -0.1) is 0 Å². The van der Waals surface area contributed by atoms with E-state index in [1.807, 2.05) is 0 Å². The van der Waals surface area contributed by atoms with Crippen LogP contribution in [0, 0.1) is 0 Å². The number of ether oxygens (including phenoxy) is 1. The van der Waals surface area contributed by atoms with Crippen LogP contribution in [0.5, 0.6) is 0 Å². The van der Waals surface area contributed by atoms with E-state index in [9.17, 15) is 9.59 Å². The van der Waals surface area contributed by atoms with Crippen LogP contribution < -0.4 is 0 Å². The second-order valence-corrected chi connectivity index (χ2v) is 14.9. The summed E-state index contributed by atoms with van der Waals surface area (Å²) in [5, 5.41) is 8.75. The van der Waals surface area contributed by atoms with E-state index in [0.717, 1.165) is 70.6 Å². The van der Waals surface area contributed by atoms with Crippen LogP contribution in [0.1, 0.15) is 239 Å². The van der Waals surface area contributed by atoms with Crippen LogP contribution in [0.4, 0.5) is 0 Å². The molecule has 292 valence electrons. The minimum atomic E-state index is -0.677. The standard InChI is InChI=1S/C46H84O4/c1-3-5-7-9-11-13-14-15-16-17-18-19-20-21-22-27-31-35-39-43-46(49)50-44(40-36-32-28-24-12-10-8-6-4-2)41-37-33-29-25-23-26-30-34-38-42-45(47)48/h5,7,11,13,15-16,44H,3-4,6,8-10,12,14,17-43H2,1-2H3,(H,47,48)/b7-5-,13-11-,16-15-. The number of aliphatic carboxylic acids is 1. The molecule has 0 saturated carbocycles. The van der Waals surface area contributed by atoms with Crippen LogP contribution in [0.25, 0.3) is 0 Å². The van der Waals surface area contributed by atoms with E-state index in [1.54, 1.807) is 0 Å². The summed E-state index contributed by atoms with van der Waals surface area (Å²) in [6.45, 7) is 4.45. The number of esters is 1. The van der Waals surface area contributed by atoms with Gasteiger partial charge in [0.15, 0.2) is 0 Å². The van der Waals surface area contributed by atoms with E-state index in [-0.39, 0.29) is 12.1 Å². The van der Waals surface area contributed by atoms with Crippen molar-refractivity contribution in [2.45, 2.75) is 245 Å². The summed E-state index contributed by atoms with van der Waals surface area (Å²) in [6, 6.07) is 0. The van der Waals surface area contributed by atoms with Crippen molar-refractivity contribution in [1.82, 2.24) is 0 Å². The first-order valence-corrected chi connectivity index (χ1v) is 22.0. The number of allylic oxidation sites excluding steroid dienone is 6. The van der Waals surface area contributed by atoms with Crippen molar-refractivity contribution in [3.63, 3.8) is 0 Å². The molecule has 0 heterocycles. The Morgan fingerprint density at radius 1 is 0.460 bits per heavy atom. The van der Waals surface area contributed by atoms with Crippen molar-refractivity contribution in [3.05, 3.63) is 36.5 Å². The van der Waals surface area contributed by atoms with E-state index >= 15 is 0 Å². The summed E-state index contributed by atoms with van der Waals surface area (Å²) in [7, 11) is 0. The number of hydrogen-bond donors (Lipinski definition) is 1. The Balaban J connectivity index is 4.00. The molecule has 0 radical (unpaired) electrons. The molecule has 0 aliphatic heterocycles. The maximum Gasteiger partial charge on any atom is 0.306 e. The second-order valence-electron chi connectivity index (χ2n) is 14.9. The minimum Gasteiger partial charge on any atom is -0.481 e. The molecule has 0 aliphatic rings. The summed E-state index contributed by atoms with van der Waals surface area (Å²) >= 11 is 0. The van der Waals surface area contributed by atoms with Gasteiger partial charge in [-0.2, -0.15) is 0 Å². The van der Waals surface area contributed by atoms with Gasteiger partial charge in [0.25, 0.3) is 0 Å². The molecule has 1 unspecified atom stereocenters. The molecule has 1 atom stereocenters. The van der Waals surface area contributed by atoms with E-state index < -0.39 is 5.97 Å². The van der Waals surface area contributed by atoms with Crippen molar-refractivity contribution in [1.29, 1.82) is 0 Å². The molecule has 4 heteroatoms. The molecule has 0 aromatic rings. The fraction of sp³-hybridized carbons (Fsp3) is 0.826. The Hall–Kier alpha value is -1.84. The summed E-state index contributed by atoms with van der Waals surface area (Å²) in [6.07, 6.45) is 54.7. The smallest absolute Gasteiger partial charge is 0.306 e. The van der Waals surface area contributed by atoms with Crippen LogP contribution in [0.15, 0.2) is 36.5 Å². The first-order valence-electron chi connectivity index (χ1n) is 22.0. The quantitative estimate of drug-likeness (QED) is 0.0393. The lowest BCUT2D eigenvalue weighted by atomic mass is 10.0. The average Bonchev–Trinajstić information content (AvgIpc) is 3.10. The van der Waals surface area contributed by atoms with Gasteiger partial charge in [0.1, 0.15) is 6.10 Å². The van der Waals surface area contributed by atoms with Crippen molar-refractivity contribution in [3.8, 4) is 0 Å². The number of carboxylic acids is 1. The van der Waals surface area contributed by atoms with Gasteiger partial charge in [-0.3, -0.25) is 9.59 Å². The van der Waals surface area contributed by atoms with E-state index in [4.69, 9.17) is 9.84 Å². The third-order valence-electron chi connectivity index (χ3n) is 9.88. The summed E-state index contributed by atoms with van der Waals surface area (Å²) in [5.41, 5.74) is 0. The molecule has 0 aliphatic carbocycles. The maximum atomic E-state index is 12.8. The Bertz CT molecular complexity index is 798. The molecule has 0 fully saturated rings. The molecule has 0 spiro atoms. The van der Waals surface area contributed by atoms with Crippen LogP contribution in [0.3, 0.4) is 0 Å². The van der Waals surface area contributed by atoms with Gasteiger partial charge < -0.3 is 9.84 Å². The van der Waals surface area contributed by atoms with Crippen LogP contribution in [-0.2, 0) is 14.3 Å². The summed E-state index contributed by atoms with van der Waals surface area (Å²) in [5.74, 6) is -0.646. The average molecular weight is 701 g/mol. The zero-order chi connectivity index (χ0) is 36.4. The first-order chi connectivity index (χ1) is 24.6. The van der Waals surface area contributed by atoms with Gasteiger partial charge in [-0.05, 0) is 70.6 Å². The van der Waals surface area contributed by atoms with Gasteiger partial charge in [0, 0.05) is 12.8 Å². The molecule has 0 rings (SSSR count). The molecular weight excluding hydrogens is 617 g/mol. The SMILES string of the molecule is CC/C=C\C/C=C\C/C=C\CCCCCCCCCCCC(=O)OC(CCCCCCCCCCC)CCCCCCCCCCCC(=O)O. The Kier molecular flexibility index (Phi) is 40.0. The van der Waals surface area contributed by atoms with E-state index in [1.165, 1.54) is 141 Å². The van der Waals surface area contributed by atoms with Gasteiger partial charge in [0.05, 0.1) is 0 Å². The fourth-order valence-corrected chi connectivity index (χ4v) is 6.67. The highest BCUT2D eigenvalue weighted by atomic mass is 16.5. The molecule has 50 heavy (non-hydrogen) atoms. The molecule has 0 aromatic carbocycles. The molecule has 0 bridgehead atoms. The molecule has 0 aromatic heterocycles. The van der Waals surface area contributed by atoms with Crippen molar-refractivity contribution < 1.29 is 19.4 Å². The molecule has 4 nitrogen and oxygen atoms in total. The predicted octanol–water partition coefficient (Wildman–Crippen LogP) is 15.3. The first kappa shape index (κ1) is 48.2. The van der Waals surface area contributed by atoms with Gasteiger partial charge >= 0.3 is 11.9 Å². The number of hydrogen-bond acceptors (Lipinski definition) is 3. The van der Waals surface area contributed by atoms with Crippen LogP contribution in [0.2, 0.25) is 0 Å². The van der Waals surface area contributed by atoms with E-state index in [0.29, 0.717) is 12.8 Å². The number of carbonyl (C=O) groups excluding carboxylic acids is 1. The summed E-state index contributed by atoms with van der Waals surface area (Å²) in [4.78, 5) is 23.4. The lowest BCUT2D eigenvalue weighted by Crippen LogP contribution is -2.18. The second kappa shape index (κ2) is 41.6. The largest absolute Gasteiger partial charge is 0.481 e. The topological polar surface area (TPSA) is 63.6 Å². The highest BCUT2D eigenvalue weighted by Gasteiger charge is 2.14. The van der Waals surface area contributed by atoms with Crippen molar-refractivity contribution >= 4 is 11.9 Å². The third kappa shape index (κ3) is 40.6. The molecular formula is C46H84O4. The zero-order valence-corrected chi connectivity index (χ0v) is 33.5. The number of carboxylic acid groups (broad SMARTS) is 1. The van der Waals surface area contributed by atoms with Gasteiger partial charge in [-0.1, -0.05) is 192 Å². The van der Waals surface area contributed by atoms with E-state index in [2.05, 4.69) is 50.3 Å². The lowest BCUT2D eigenvalue weighted by Gasteiger charge is -2.18. The van der Waals surface area contributed by atoms with Crippen LogP contribution in [-0.4, -0.2) is 23.1 Å². The highest BCUT2D eigenvalue weighted by Crippen LogP contribution is 2.19. The molecule has 0 saturated heterocycles. The molecule has 1 N–H and O–H groups in total. The lowest BCUT2D eigenvalue weighted by molar-refractivity contribution is -0.150. The molecule has 0 amide bonds. The predicted molar refractivity (Wildman–Crippen MR) is 218 cm³/mol. The number of carbonyl (C=O) groups is 2. The summed E-state index contributed by atoms with van der Waals surface area (Å²) < 4.78 is 6.07. The highest BCUT2D eigenvalue weighted by molar-refractivity contribution is 5.69. The van der Waals surface area contributed by atoms with Crippen LogP contribution >= 0.6 is 0 Å². The Morgan fingerprint density at radius 3 is 1.30 bits per heavy atom.